The summed E-state index contributed by atoms with van der Waals surface area (Å²) < 4.78 is 2.97. The van der Waals surface area contributed by atoms with E-state index in [1.807, 2.05) is 63.2 Å². The first-order chi connectivity index (χ1) is 14.4. The minimum atomic E-state index is -0.313. The van der Waals surface area contributed by atoms with E-state index in [0.29, 0.717) is 43.3 Å². The molecule has 0 bridgehead atoms. The molecule has 0 saturated heterocycles. The van der Waals surface area contributed by atoms with Crippen LogP contribution in [0, 0.1) is 6.92 Å². The van der Waals surface area contributed by atoms with Crippen LogP contribution in [0.25, 0.3) is 10.9 Å². The smallest absolute Gasteiger partial charge is 0.331 e. The van der Waals surface area contributed by atoms with Crippen LogP contribution >= 0.6 is 0 Å². The molecule has 158 valence electrons. The second-order valence-corrected chi connectivity index (χ2v) is 8.01. The molecule has 6 nitrogen and oxygen atoms in total. The molecule has 2 aromatic carbocycles. The molecule has 1 aromatic heterocycles. The van der Waals surface area contributed by atoms with Gasteiger partial charge in [-0.2, -0.15) is 0 Å². The molecule has 0 saturated carbocycles. The van der Waals surface area contributed by atoms with Gasteiger partial charge in [-0.05, 0) is 51.3 Å². The molecule has 1 N–H and O–H groups in total. The molecule has 3 aromatic rings. The number of aryl methyl sites for hydroxylation is 1. The lowest BCUT2D eigenvalue weighted by Crippen LogP contribution is -2.40. The third-order valence-electron chi connectivity index (χ3n) is 5.04. The summed E-state index contributed by atoms with van der Waals surface area (Å²) in [6.07, 6.45) is 1.59. The zero-order chi connectivity index (χ0) is 21.7. The van der Waals surface area contributed by atoms with Gasteiger partial charge in [-0.3, -0.25) is 18.7 Å². The molecule has 0 unspecified atom stereocenters. The van der Waals surface area contributed by atoms with Crippen molar-refractivity contribution >= 4 is 16.8 Å². The largest absolute Gasteiger partial charge is 0.354 e. The highest BCUT2D eigenvalue weighted by Crippen LogP contribution is 2.12. The number of hydrogen-bond donors (Lipinski definition) is 1. The minimum absolute atomic E-state index is 0.00674. The fourth-order valence-electron chi connectivity index (χ4n) is 3.66. The summed E-state index contributed by atoms with van der Waals surface area (Å²) in [6.45, 7) is 6.55. The van der Waals surface area contributed by atoms with Gasteiger partial charge < -0.3 is 5.32 Å². The van der Waals surface area contributed by atoms with E-state index in [-0.39, 0.29) is 23.2 Å². The van der Waals surface area contributed by atoms with E-state index in [1.165, 1.54) is 4.57 Å². The van der Waals surface area contributed by atoms with Crippen LogP contribution in [0.4, 0.5) is 0 Å². The van der Waals surface area contributed by atoms with Gasteiger partial charge in [0.2, 0.25) is 5.91 Å². The molecule has 30 heavy (non-hydrogen) atoms. The van der Waals surface area contributed by atoms with E-state index in [2.05, 4.69) is 5.32 Å². The molecule has 0 radical (unpaired) electrons. The Labute approximate surface area is 176 Å². The normalized spacial score (nSPS) is 11.2. The average molecular weight is 408 g/mol. The lowest BCUT2D eigenvalue weighted by atomic mass is 10.1. The van der Waals surface area contributed by atoms with Gasteiger partial charge in [0.25, 0.3) is 5.56 Å². The molecule has 0 fully saturated rings. The van der Waals surface area contributed by atoms with Crippen molar-refractivity contribution in [3.05, 3.63) is 80.5 Å². The zero-order valence-corrected chi connectivity index (χ0v) is 17.9. The van der Waals surface area contributed by atoms with Crippen molar-refractivity contribution in [2.24, 2.45) is 0 Å². The van der Waals surface area contributed by atoms with Gasteiger partial charge >= 0.3 is 5.69 Å². The Bertz CT molecular complexity index is 1160. The summed E-state index contributed by atoms with van der Waals surface area (Å²) in [4.78, 5) is 38.0. The van der Waals surface area contributed by atoms with Crippen molar-refractivity contribution in [2.75, 3.05) is 0 Å². The number of carbonyl (C=O) groups is 1. The van der Waals surface area contributed by atoms with Gasteiger partial charge in [0.1, 0.15) is 0 Å². The van der Waals surface area contributed by atoms with Gasteiger partial charge in [-0.25, -0.2) is 4.79 Å². The monoisotopic (exact) mass is 407 g/mol. The van der Waals surface area contributed by atoms with Crippen molar-refractivity contribution in [2.45, 2.75) is 59.2 Å². The number of aromatic nitrogens is 2. The maximum Gasteiger partial charge on any atom is 0.331 e. The van der Waals surface area contributed by atoms with Crippen molar-refractivity contribution < 1.29 is 4.79 Å². The van der Waals surface area contributed by atoms with E-state index in [4.69, 9.17) is 0 Å². The maximum atomic E-state index is 13.2. The number of carbonyl (C=O) groups excluding carboxylic acids is 1. The lowest BCUT2D eigenvalue weighted by molar-refractivity contribution is -0.121. The second kappa shape index (κ2) is 9.57. The summed E-state index contributed by atoms with van der Waals surface area (Å²) in [5.41, 5.74) is 2.19. The molecule has 0 aliphatic carbocycles. The molecular formula is C24H29N3O3. The van der Waals surface area contributed by atoms with Crippen LogP contribution in [0.15, 0.2) is 58.1 Å². The number of hydrogen-bond acceptors (Lipinski definition) is 3. The summed E-state index contributed by atoms with van der Waals surface area (Å²) in [7, 11) is 0. The van der Waals surface area contributed by atoms with Crippen LogP contribution in [-0.4, -0.2) is 21.1 Å². The Balaban J connectivity index is 1.88. The van der Waals surface area contributed by atoms with Gasteiger partial charge in [0.05, 0.1) is 17.4 Å². The highest BCUT2D eigenvalue weighted by atomic mass is 16.2. The highest BCUT2D eigenvalue weighted by molar-refractivity contribution is 5.78. The van der Waals surface area contributed by atoms with Gasteiger partial charge in [0, 0.05) is 19.0 Å². The molecule has 0 aliphatic rings. The first-order valence-corrected chi connectivity index (χ1v) is 10.4. The Hall–Kier alpha value is -3.15. The van der Waals surface area contributed by atoms with Crippen LogP contribution in [0.1, 0.15) is 44.2 Å². The standard InChI is InChI=1S/C24H29N3O3/c1-17(2)25-22(28)13-6-7-14-26-23(29)20-11-4-5-12-21(20)27(24(26)30)16-19-10-8-9-18(3)15-19/h4-5,8-12,15,17H,6-7,13-14,16H2,1-3H3,(H,25,28). The summed E-state index contributed by atoms with van der Waals surface area (Å²) in [6, 6.07) is 15.3. The Kier molecular flexibility index (Phi) is 6.87. The second-order valence-electron chi connectivity index (χ2n) is 8.01. The molecular weight excluding hydrogens is 378 g/mol. The summed E-state index contributed by atoms with van der Waals surface area (Å²) in [5, 5.41) is 3.39. The quantitative estimate of drug-likeness (QED) is 0.583. The summed E-state index contributed by atoms with van der Waals surface area (Å²) in [5.74, 6) is -0.00674. The number of nitrogens with one attached hydrogen (secondary N) is 1. The van der Waals surface area contributed by atoms with Crippen molar-refractivity contribution in [1.82, 2.24) is 14.5 Å². The average Bonchev–Trinajstić information content (AvgIpc) is 2.70. The van der Waals surface area contributed by atoms with Crippen LogP contribution in [0.5, 0.6) is 0 Å². The molecule has 3 rings (SSSR count). The lowest BCUT2D eigenvalue weighted by Gasteiger charge is -2.14. The van der Waals surface area contributed by atoms with Crippen LogP contribution in [0.2, 0.25) is 0 Å². The molecule has 1 amide bonds. The molecule has 0 spiro atoms. The van der Waals surface area contributed by atoms with Crippen LogP contribution < -0.4 is 16.6 Å². The molecule has 6 heteroatoms. The third kappa shape index (κ3) is 5.06. The molecule has 0 aliphatic heterocycles. The number of unbranched alkanes of at least 4 members (excludes halogenated alkanes) is 1. The van der Waals surface area contributed by atoms with Crippen LogP contribution in [-0.2, 0) is 17.9 Å². The van der Waals surface area contributed by atoms with Crippen LogP contribution in [0.3, 0.4) is 0 Å². The number of amides is 1. The molecule has 0 atom stereocenters. The van der Waals surface area contributed by atoms with Crippen molar-refractivity contribution in [1.29, 1.82) is 0 Å². The van der Waals surface area contributed by atoms with Gasteiger partial charge in [0.15, 0.2) is 0 Å². The van der Waals surface area contributed by atoms with E-state index >= 15 is 0 Å². The number of benzene rings is 2. The van der Waals surface area contributed by atoms with E-state index in [0.717, 1.165) is 11.1 Å². The highest BCUT2D eigenvalue weighted by Gasteiger charge is 2.13. The van der Waals surface area contributed by atoms with E-state index in [9.17, 15) is 14.4 Å². The summed E-state index contributed by atoms with van der Waals surface area (Å²) >= 11 is 0. The SMILES string of the molecule is Cc1cccc(Cn2c(=O)n(CCCCC(=O)NC(C)C)c(=O)c3ccccc32)c1. The van der Waals surface area contributed by atoms with E-state index in [1.54, 1.807) is 10.6 Å². The van der Waals surface area contributed by atoms with Crippen molar-refractivity contribution in [3.8, 4) is 0 Å². The Morgan fingerprint density at radius 2 is 1.77 bits per heavy atom. The van der Waals surface area contributed by atoms with E-state index < -0.39 is 0 Å². The predicted molar refractivity (Wildman–Crippen MR) is 120 cm³/mol. The number of para-hydroxylation sites is 1. The number of fused-ring (bicyclic) bond motifs is 1. The number of rotatable bonds is 8. The molecule has 1 heterocycles. The fourth-order valence-corrected chi connectivity index (χ4v) is 3.66. The zero-order valence-electron chi connectivity index (χ0n) is 17.9. The fraction of sp³-hybridized carbons (Fsp3) is 0.375. The van der Waals surface area contributed by atoms with Gasteiger partial charge in [-0.1, -0.05) is 42.0 Å². The third-order valence-corrected chi connectivity index (χ3v) is 5.04. The minimum Gasteiger partial charge on any atom is -0.354 e. The first kappa shape index (κ1) is 21.6. The van der Waals surface area contributed by atoms with Gasteiger partial charge in [-0.15, -0.1) is 0 Å². The van der Waals surface area contributed by atoms with Crippen molar-refractivity contribution in [3.63, 3.8) is 0 Å². The number of nitrogens with zero attached hydrogens (tertiary/aromatic N) is 2. The topological polar surface area (TPSA) is 73.1 Å². The maximum absolute atomic E-state index is 13.2. The Morgan fingerprint density at radius 1 is 1.00 bits per heavy atom. The first-order valence-electron chi connectivity index (χ1n) is 10.4. The Morgan fingerprint density at radius 3 is 2.50 bits per heavy atom. The predicted octanol–water partition coefficient (Wildman–Crippen LogP) is 3.21.